The first-order valence-corrected chi connectivity index (χ1v) is 7.97. The molecule has 0 aromatic carbocycles. The van der Waals surface area contributed by atoms with Crippen molar-refractivity contribution in [2.75, 3.05) is 6.54 Å². The lowest BCUT2D eigenvalue weighted by Crippen LogP contribution is -2.54. The van der Waals surface area contributed by atoms with E-state index in [1.807, 2.05) is 16.8 Å². The van der Waals surface area contributed by atoms with Crippen LogP contribution in [0.4, 0.5) is 0 Å². The van der Waals surface area contributed by atoms with Crippen molar-refractivity contribution in [2.45, 2.75) is 24.8 Å². The van der Waals surface area contributed by atoms with Crippen LogP contribution in [0.5, 0.6) is 0 Å². The predicted molar refractivity (Wildman–Crippen MR) is 81.9 cm³/mol. The van der Waals surface area contributed by atoms with Crippen LogP contribution in [0.1, 0.15) is 24.1 Å². The average molecular weight is 316 g/mol. The molecule has 2 aromatic rings. The van der Waals surface area contributed by atoms with Gasteiger partial charge in [0.1, 0.15) is 0 Å². The molecule has 2 amide bonds. The molecular formula is C15H16N4O2S. The Hall–Kier alpha value is -2.28. The third kappa shape index (κ3) is 2.37. The Morgan fingerprint density at radius 3 is 2.91 bits per heavy atom. The fourth-order valence-corrected chi connectivity index (χ4v) is 3.65. The van der Waals surface area contributed by atoms with E-state index in [2.05, 4.69) is 9.97 Å². The van der Waals surface area contributed by atoms with Gasteiger partial charge in [0, 0.05) is 18.9 Å². The number of hydrogen-bond donors (Lipinski definition) is 1. The van der Waals surface area contributed by atoms with Crippen LogP contribution in [0.3, 0.4) is 0 Å². The summed E-state index contributed by atoms with van der Waals surface area (Å²) in [5, 5.41) is 3.86. The van der Waals surface area contributed by atoms with Crippen molar-refractivity contribution in [3.63, 3.8) is 0 Å². The molecule has 6 nitrogen and oxygen atoms in total. The number of nitrogens with zero attached hydrogens (tertiary/aromatic N) is 3. The van der Waals surface area contributed by atoms with E-state index in [-0.39, 0.29) is 12.3 Å². The molecule has 3 rings (SSSR count). The zero-order valence-corrected chi connectivity index (χ0v) is 12.8. The Balaban J connectivity index is 1.95. The summed E-state index contributed by atoms with van der Waals surface area (Å²) in [6.45, 7) is 0.502. The highest BCUT2D eigenvalue weighted by molar-refractivity contribution is 7.08. The second-order valence-electron chi connectivity index (χ2n) is 5.27. The number of nitrogens with two attached hydrogens (primary N) is 1. The maximum absolute atomic E-state index is 12.7. The van der Waals surface area contributed by atoms with E-state index in [0.717, 1.165) is 12.0 Å². The molecule has 0 radical (unpaired) electrons. The Labute approximate surface area is 132 Å². The smallest absolute Gasteiger partial charge is 0.249 e. The highest BCUT2D eigenvalue weighted by atomic mass is 32.1. The highest BCUT2D eigenvalue weighted by Gasteiger charge is 2.51. The molecule has 1 fully saturated rings. The molecule has 22 heavy (non-hydrogen) atoms. The summed E-state index contributed by atoms with van der Waals surface area (Å²) in [4.78, 5) is 34.7. The Morgan fingerprint density at radius 1 is 1.41 bits per heavy atom. The van der Waals surface area contributed by atoms with E-state index in [0.29, 0.717) is 18.7 Å². The second kappa shape index (κ2) is 5.84. The van der Waals surface area contributed by atoms with Crippen LogP contribution >= 0.6 is 11.3 Å². The molecule has 1 atom stereocenters. The maximum atomic E-state index is 12.7. The summed E-state index contributed by atoms with van der Waals surface area (Å²) in [6, 6.07) is 1.91. The van der Waals surface area contributed by atoms with Crippen molar-refractivity contribution >= 4 is 23.2 Å². The van der Waals surface area contributed by atoms with Gasteiger partial charge >= 0.3 is 0 Å². The average Bonchev–Trinajstić information content (AvgIpc) is 3.17. The molecule has 7 heteroatoms. The Kier molecular flexibility index (Phi) is 3.89. The lowest BCUT2D eigenvalue weighted by molar-refractivity contribution is -0.144. The first-order valence-electron chi connectivity index (χ1n) is 7.02. The van der Waals surface area contributed by atoms with E-state index in [4.69, 9.17) is 5.73 Å². The number of carbonyl (C=O) groups is 2. The topological polar surface area (TPSA) is 89.2 Å². The number of likely N-dealkylation sites (tertiary alicyclic amines) is 1. The molecule has 0 unspecified atom stereocenters. The number of primary amides is 1. The molecular weight excluding hydrogens is 300 g/mol. The van der Waals surface area contributed by atoms with Gasteiger partial charge in [0.2, 0.25) is 11.8 Å². The van der Waals surface area contributed by atoms with Crippen LogP contribution in [-0.2, 0) is 21.5 Å². The fraction of sp³-hybridized carbons (Fsp3) is 0.333. The number of hydrogen-bond acceptors (Lipinski definition) is 5. The van der Waals surface area contributed by atoms with Gasteiger partial charge in [-0.25, -0.2) is 0 Å². The van der Waals surface area contributed by atoms with Crippen molar-refractivity contribution in [3.8, 4) is 0 Å². The maximum Gasteiger partial charge on any atom is 0.249 e. The third-order valence-corrected chi connectivity index (χ3v) is 4.74. The predicted octanol–water partition coefficient (Wildman–Crippen LogP) is 1.08. The number of thiophene rings is 1. The van der Waals surface area contributed by atoms with Gasteiger partial charge in [-0.1, -0.05) is 0 Å². The zero-order valence-electron chi connectivity index (χ0n) is 11.9. The summed E-state index contributed by atoms with van der Waals surface area (Å²) in [6.07, 6.45) is 6.02. The molecule has 1 aliphatic rings. The van der Waals surface area contributed by atoms with Crippen LogP contribution in [0.2, 0.25) is 0 Å². The van der Waals surface area contributed by atoms with Gasteiger partial charge in [0.25, 0.3) is 0 Å². The van der Waals surface area contributed by atoms with Gasteiger partial charge in [-0.15, -0.1) is 0 Å². The van der Waals surface area contributed by atoms with Crippen molar-refractivity contribution in [2.24, 2.45) is 5.73 Å². The second-order valence-corrected chi connectivity index (χ2v) is 6.05. The minimum absolute atomic E-state index is 0.111. The third-order valence-electron chi connectivity index (χ3n) is 4.01. The number of carbonyl (C=O) groups excluding carboxylic acids is 2. The molecule has 1 aliphatic heterocycles. The number of amides is 2. The summed E-state index contributed by atoms with van der Waals surface area (Å²) >= 11 is 1.54. The van der Waals surface area contributed by atoms with Gasteiger partial charge in [-0.3, -0.25) is 19.6 Å². The highest BCUT2D eigenvalue weighted by Crippen LogP contribution is 2.38. The van der Waals surface area contributed by atoms with Crippen LogP contribution in [0.25, 0.3) is 0 Å². The SMILES string of the molecule is NC(=O)[C@]1(c2cnccn2)CCCN1C(=O)Cc1ccsc1. The lowest BCUT2D eigenvalue weighted by Gasteiger charge is -2.35. The molecule has 3 heterocycles. The summed E-state index contributed by atoms with van der Waals surface area (Å²) in [5.41, 5.74) is 5.88. The molecule has 0 spiro atoms. The van der Waals surface area contributed by atoms with E-state index < -0.39 is 11.4 Å². The molecule has 1 saturated heterocycles. The normalized spacial score (nSPS) is 21.0. The van der Waals surface area contributed by atoms with Crippen LogP contribution in [0, 0.1) is 0 Å². The molecule has 2 N–H and O–H groups in total. The van der Waals surface area contributed by atoms with Crippen molar-refractivity contribution in [1.29, 1.82) is 0 Å². The number of rotatable bonds is 4. The minimum atomic E-state index is -1.18. The minimum Gasteiger partial charge on any atom is -0.367 e. The van der Waals surface area contributed by atoms with E-state index in [1.165, 1.54) is 18.6 Å². The first-order chi connectivity index (χ1) is 10.6. The van der Waals surface area contributed by atoms with E-state index >= 15 is 0 Å². The summed E-state index contributed by atoms with van der Waals surface area (Å²) in [5.74, 6) is -0.662. The van der Waals surface area contributed by atoms with Crippen molar-refractivity contribution in [3.05, 3.63) is 46.7 Å². The summed E-state index contributed by atoms with van der Waals surface area (Å²) in [7, 11) is 0. The Morgan fingerprint density at radius 2 is 2.27 bits per heavy atom. The van der Waals surface area contributed by atoms with Gasteiger partial charge in [-0.05, 0) is 35.2 Å². The van der Waals surface area contributed by atoms with Gasteiger partial charge in [0.15, 0.2) is 5.54 Å². The monoisotopic (exact) mass is 316 g/mol. The van der Waals surface area contributed by atoms with E-state index in [1.54, 1.807) is 16.2 Å². The van der Waals surface area contributed by atoms with Crippen molar-refractivity contribution in [1.82, 2.24) is 14.9 Å². The molecule has 2 aromatic heterocycles. The van der Waals surface area contributed by atoms with Gasteiger partial charge < -0.3 is 10.6 Å². The van der Waals surface area contributed by atoms with E-state index in [9.17, 15) is 9.59 Å². The van der Waals surface area contributed by atoms with Crippen LogP contribution in [0.15, 0.2) is 35.4 Å². The Bertz CT molecular complexity index is 674. The number of aromatic nitrogens is 2. The standard InChI is InChI=1S/C15H16N4O2S/c16-14(21)15(12-9-17-4-5-18-12)3-1-6-19(15)13(20)8-11-2-7-22-10-11/h2,4-5,7,9-10H,1,3,6,8H2,(H2,16,21)/t15-/m1/s1. The zero-order chi connectivity index (χ0) is 15.6. The summed E-state index contributed by atoms with van der Waals surface area (Å²) < 4.78 is 0. The quantitative estimate of drug-likeness (QED) is 0.914. The fourth-order valence-electron chi connectivity index (χ4n) is 2.98. The van der Waals surface area contributed by atoms with Gasteiger partial charge in [-0.2, -0.15) is 11.3 Å². The molecule has 0 bridgehead atoms. The molecule has 114 valence electrons. The first kappa shape index (κ1) is 14.6. The lowest BCUT2D eigenvalue weighted by atomic mass is 9.90. The largest absolute Gasteiger partial charge is 0.367 e. The van der Waals surface area contributed by atoms with Crippen molar-refractivity contribution < 1.29 is 9.59 Å². The van der Waals surface area contributed by atoms with Gasteiger partial charge in [0.05, 0.1) is 18.3 Å². The molecule has 0 saturated carbocycles. The van der Waals surface area contributed by atoms with Crippen LogP contribution in [-0.4, -0.2) is 33.2 Å². The van der Waals surface area contributed by atoms with Crippen LogP contribution < -0.4 is 5.73 Å². The molecule has 0 aliphatic carbocycles.